The summed E-state index contributed by atoms with van der Waals surface area (Å²) < 4.78 is 0.752. The van der Waals surface area contributed by atoms with Crippen LogP contribution < -0.4 is 11.3 Å². The van der Waals surface area contributed by atoms with E-state index in [2.05, 4.69) is 10.4 Å². The fourth-order valence-electron chi connectivity index (χ4n) is 1.26. The molecule has 0 radical (unpaired) electrons. The summed E-state index contributed by atoms with van der Waals surface area (Å²) in [6.07, 6.45) is 1.66. The molecule has 1 heterocycles. The smallest absolute Gasteiger partial charge is 0.307 e. The number of thiazole rings is 1. The van der Waals surface area contributed by atoms with Gasteiger partial charge in [0.2, 0.25) is 0 Å². The Bertz CT molecular complexity index is 530. The number of nitro groups is 1. The van der Waals surface area contributed by atoms with E-state index in [1.54, 1.807) is 24.4 Å². The predicted molar refractivity (Wildman–Crippen MR) is 67.1 cm³/mol. The third-order valence-electron chi connectivity index (χ3n) is 1.94. The van der Waals surface area contributed by atoms with Gasteiger partial charge in [0.05, 0.1) is 9.82 Å². The molecule has 2 aromatic rings. The molecule has 17 heavy (non-hydrogen) atoms. The average Bonchev–Trinajstić information content (AvgIpc) is 2.81. The molecule has 0 saturated carbocycles. The molecule has 0 fully saturated rings. The second kappa shape index (κ2) is 5.13. The molecule has 6 nitrogen and oxygen atoms in total. The number of nitrogens with one attached hydrogen (secondary N) is 1. The molecule has 0 bridgehead atoms. The van der Waals surface area contributed by atoms with Gasteiger partial charge < -0.3 is 5.43 Å². The van der Waals surface area contributed by atoms with Gasteiger partial charge in [-0.2, -0.15) is 0 Å². The summed E-state index contributed by atoms with van der Waals surface area (Å²) in [5.74, 6) is 5.25. The summed E-state index contributed by atoms with van der Waals surface area (Å²) in [7, 11) is 0. The van der Waals surface area contributed by atoms with Crippen LogP contribution in [-0.2, 0) is 0 Å². The van der Waals surface area contributed by atoms with Crippen molar-refractivity contribution in [3.05, 3.63) is 39.9 Å². The number of nitrogen functional groups attached to an aromatic ring is 1. The number of rotatable bonds is 4. The molecule has 0 saturated heterocycles. The zero-order valence-electron chi connectivity index (χ0n) is 8.49. The first-order valence-corrected chi connectivity index (χ1v) is 6.23. The molecule has 0 spiro atoms. The molecular formula is C9H8N4O2S2. The van der Waals surface area contributed by atoms with Crippen molar-refractivity contribution >= 4 is 34.5 Å². The van der Waals surface area contributed by atoms with Crippen molar-refractivity contribution in [2.45, 2.75) is 9.24 Å². The van der Waals surface area contributed by atoms with Crippen molar-refractivity contribution in [3.63, 3.8) is 0 Å². The Kier molecular flexibility index (Phi) is 3.57. The van der Waals surface area contributed by atoms with Crippen LogP contribution in [0.2, 0.25) is 0 Å². The maximum absolute atomic E-state index is 11.0. The van der Waals surface area contributed by atoms with Crippen molar-refractivity contribution in [2.24, 2.45) is 5.84 Å². The third-order valence-corrected chi connectivity index (χ3v) is 3.88. The van der Waals surface area contributed by atoms with Gasteiger partial charge in [0.15, 0.2) is 4.34 Å². The molecule has 3 N–H and O–H groups in total. The van der Waals surface area contributed by atoms with E-state index in [1.807, 2.05) is 5.38 Å². The summed E-state index contributed by atoms with van der Waals surface area (Å²) in [5, 5.41) is 12.8. The molecule has 0 aliphatic heterocycles. The minimum atomic E-state index is -0.453. The second-order valence-electron chi connectivity index (χ2n) is 2.95. The number of hydrogen-bond donors (Lipinski definition) is 2. The first-order valence-electron chi connectivity index (χ1n) is 4.53. The highest BCUT2D eigenvalue weighted by Crippen LogP contribution is 2.39. The van der Waals surface area contributed by atoms with Crippen LogP contribution in [0.25, 0.3) is 0 Å². The zero-order valence-corrected chi connectivity index (χ0v) is 10.1. The van der Waals surface area contributed by atoms with Gasteiger partial charge in [0.25, 0.3) is 0 Å². The normalized spacial score (nSPS) is 10.2. The van der Waals surface area contributed by atoms with Crippen LogP contribution in [0, 0.1) is 10.1 Å². The van der Waals surface area contributed by atoms with Crippen LogP contribution in [0.3, 0.4) is 0 Å². The van der Waals surface area contributed by atoms with Gasteiger partial charge in [-0.1, -0.05) is 17.8 Å². The van der Waals surface area contributed by atoms with Crippen LogP contribution in [0.5, 0.6) is 0 Å². The lowest BCUT2D eigenvalue weighted by molar-refractivity contribution is -0.386. The summed E-state index contributed by atoms with van der Waals surface area (Å²) in [6, 6.07) is 4.94. The topological polar surface area (TPSA) is 94.1 Å². The van der Waals surface area contributed by atoms with Gasteiger partial charge >= 0.3 is 5.69 Å². The molecule has 0 atom stereocenters. The van der Waals surface area contributed by atoms with E-state index in [9.17, 15) is 10.1 Å². The highest BCUT2D eigenvalue weighted by atomic mass is 32.2. The summed E-state index contributed by atoms with van der Waals surface area (Å²) >= 11 is 2.68. The first-order chi connectivity index (χ1) is 8.22. The zero-order chi connectivity index (χ0) is 12.3. The Morgan fingerprint density at radius 1 is 1.53 bits per heavy atom. The van der Waals surface area contributed by atoms with Gasteiger partial charge in [0.1, 0.15) is 5.69 Å². The maximum atomic E-state index is 11.0. The molecule has 0 unspecified atom stereocenters. The van der Waals surface area contributed by atoms with Gasteiger partial charge in [-0.05, 0) is 12.1 Å². The van der Waals surface area contributed by atoms with E-state index in [0.29, 0.717) is 4.90 Å². The van der Waals surface area contributed by atoms with Gasteiger partial charge in [0, 0.05) is 11.6 Å². The van der Waals surface area contributed by atoms with Crippen LogP contribution >= 0.6 is 23.1 Å². The number of hydrazine groups is 1. The lowest BCUT2D eigenvalue weighted by Crippen LogP contribution is -2.09. The van der Waals surface area contributed by atoms with Crippen molar-refractivity contribution in [2.75, 3.05) is 5.43 Å². The van der Waals surface area contributed by atoms with Crippen LogP contribution in [0.1, 0.15) is 0 Å². The monoisotopic (exact) mass is 268 g/mol. The van der Waals surface area contributed by atoms with Crippen LogP contribution in [0.15, 0.2) is 39.0 Å². The minimum Gasteiger partial charge on any atom is -0.318 e. The Morgan fingerprint density at radius 2 is 2.35 bits per heavy atom. The summed E-state index contributed by atoms with van der Waals surface area (Å²) in [6.45, 7) is 0. The Morgan fingerprint density at radius 3 is 2.94 bits per heavy atom. The molecule has 0 aliphatic rings. The van der Waals surface area contributed by atoms with Gasteiger partial charge in [-0.15, -0.1) is 11.3 Å². The molecule has 1 aromatic heterocycles. The SMILES string of the molecule is NNc1cccc(Sc2nccs2)c1[N+](=O)[O-]. The Labute approximate surface area is 105 Å². The highest BCUT2D eigenvalue weighted by molar-refractivity contribution is 8.01. The number of nitro benzene ring substituents is 1. The van der Waals surface area contributed by atoms with E-state index >= 15 is 0 Å². The van der Waals surface area contributed by atoms with Crippen molar-refractivity contribution in [3.8, 4) is 0 Å². The fourth-order valence-corrected chi connectivity index (χ4v) is 2.98. The number of anilines is 1. The molecule has 1 aromatic carbocycles. The fraction of sp³-hybridized carbons (Fsp3) is 0. The van der Waals surface area contributed by atoms with Crippen LogP contribution in [0.4, 0.5) is 11.4 Å². The number of nitrogens with two attached hydrogens (primary N) is 1. The number of benzene rings is 1. The minimum absolute atomic E-state index is 0.0322. The Hall–Kier alpha value is -1.64. The lowest BCUT2D eigenvalue weighted by Gasteiger charge is -2.05. The predicted octanol–water partition coefficient (Wildman–Crippen LogP) is 2.49. The van der Waals surface area contributed by atoms with E-state index < -0.39 is 4.92 Å². The molecule has 88 valence electrons. The third kappa shape index (κ3) is 2.54. The summed E-state index contributed by atoms with van der Waals surface area (Å²) in [4.78, 5) is 15.1. The van der Waals surface area contributed by atoms with Crippen LogP contribution in [-0.4, -0.2) is 9.91 Å². The maximum Gasteiger partial charge on any atom is 0.307 e. The van der Waals surface area contributed by atoms with Crippen molar-refractivity contribution in [1.29, 1.82) is 0 Å². The van der Waals surface area contributed by atoms with Crippen molar-refractivity contribution < 1.29 is 4.92 Å². The molecular weight excluding hydrogens is 260 g/mol. The molecule has 0 amide bonds. The first kappa shape index (κ1) is 11.8. The highest BCUT2D eigenvalue weighted by Gasteiger charge is 2.20. The van der Waals surface area contributed by atoms with E-state index in [0.717, 1.165) is 4.34 Å². The number of aromatic nitrogens is 1. The number of hydrogen-bond acceptors (Lipinski definition) is 7. The molecule has 2 rings (SSSR count). The Balaban J connectivity index is 2.42. The number of nitrogens with zero attached hydrogens (tertiary/aromatic N) is 2. The van der Waals surface area contributed by atoms with E-state index in [1.165, 1.54) is 23.1 Å². The van der Waals surface area contributed by atoms with E-state index in [4.69, 9.17) is 5.84 Å². The van der Waals surface area contributed by atoms with E-state index in [-0.39, 0.29) is 11.4 Å². The summed E-state index contributed by atoms with van der Waals surface area (Å²) in [5.41, 5.74) is 2.58. The molecule has 0 aliphatic carbocycles. The molecule has 8 heteroatoms. The van der Waals surface area contributed by atoms with Gasteiger partial charge in [-0.25, -0.2) is 4.98 Å². The largest absolute Gasteiger partial charge is 0.318 e. The second-order valence-corrected chi connectivity index (χ2v) is 5.14. The van der Waals surface area contributed by atoms with Crippen molar-refractivity contribution in [1.82, 2.24) is 4.98 Å². The average molecular weight is 268 g/mol. The van der Waals surface area contributed by atoms with Gasteiger partial charge in [-0.3, -0.25) is 16.0 Å². The standard InChI is InChI=1S/C9H8N4O2S2/c10-12-6-2-1-3-7(8(6)13(14)15)17-9-11-4-5-16-9/h1-5,12H,10H2. The number of para-hydroxylation sites is 1. The lowest BCUT2D eigenvalue weighted by atomic mass is 10.3. The quantitative estimate of drug-likeness (QED) is 0.502.